The van der Waals surface area contributed by atoms with Crippen molar-refractivity contribution in [3.8, 4) is 0 Å². The first kappa shape index (κ1) is 11.7. The Balaban J connectivity index is 1.74. The van der Waals surface area contributed by atoms with Gasteiger partial charge in [0.15, 0.2) is 0 Å². The molecule has 3 rings (SSSR count). The van der Waals surface area contributed by atoms with Crippen LogP contribution in [-0.4, -0.2) is 25.3 Å². The van der Waals surface area contributed by atoms with Crippen LogP contribution in [0.25, 0.3) is 0 Å². The van der Waals surface area contributed by atoms with Gasteiger partial charge in [-0.05, 0) is 37.8 Å². The number of piperidine rings is 1. The maximum Gasteiger partial charge on any atom is 0.0785 e. The number of benzene rings is 1. The van der Waals surface area contributed by atoms with E-state index in [2.05, 4.69) is 11.0 Å². The predicted octanol–water partition coefficient (Wildman–Crippen LogP) is 2.00. The van der Waals surface area contributed by atoms with Crippen molar-refractivity contribution in [2.75, 3.05) is 36.1 Å². The van der Waals surface area contributed by atoms with Crippen molar-refractivity contribution in [2.24, 2.45) is 0 Å². The van der Waals surface area contributed by atoms with Gasteiger partial charge in [-0.1, -0.05) is 6.07 Å². The van der Waals surface area contributed by atoms with E-state index in [0.717, 1.165) is 38.2 Å². The summed E-state index contributed by atoms with van der Waals surface area (Å²) >= 11 is 0. The summed E-state index contributed by atoms with van der Waals surface area (Å²) in [6.07, 6.45) is 4.62. The molecule has 2 aliphatic heterocycles. The minimum atomic E-state index is 0.158. The minimum absolute atomic E-state index is 0.158. The molecule has 2 saturated heterocycles. The lowest BCUT2D eigenvalue weighted by atomic mass is 9.88. The van der Waals surface area contributed by atoms with Crippen molar-refractivity contribution < 1.29 is 4.74 Å². The van der Waals surface area contributed by atoms with Gasteiger partial charge in [-0.25, -0.2) is 0 Å². The van der Waals surface area contributed by atoms with Crippen LogP contribution in [0.2, 0.25) is 0 Å². The van der Waals surface area contributed by atoms with Gasteiger partial charge in [-0.15, -0.1) is 0 Å². The largest absolute Gasteiger partial charge is 0.397 e. The summed E-state index contributed by atoms with van der Waals surface area (Å²) in [4.78, 5) is 2.33. The highest BCUT2D eigenvalue weighted by Crippen LogP contribution is 2.38. The molecule has 0 aliphatic carbocycles. The van der Waals surface area contributed by atoms with Crippen LogP contribution in [0.1, 0.15) is 25.7 Å². The van der Waals surface area contributed by atoms with Crippen LogP contribution < -0.4 is 16.4 Å². The summed E-state index contributed by atoms with van der Waals surface area (Å²) in [7, 11) is 0. The Morgan fingerprint density at radius 3 is 2.56 bits per heavy atom. The molecule has 2 fully saturated rings. The van der Waals surface area contributed by atoms with Crippen LogP contribution in [0.3, 0.4) is 0 Å². The van der Waals surface area contributed by atoms with E-state index in [0.29, 0.717) is 11.4 Å². The van der Waals surface area contributed by atoms with E-state index in [1.54, 1.807) is 0 Å². The maximum absolute atomic E-state index is 6.06. The van der Waals surface area contributed by atoms with E-state index in [1.807, 2.05) is 12.1 Å². The zero-order valence-electron chi connectivity index (χ0n) is 10.7. The number of hydrogen-bond acceptors (Lipinski definition) is 4. The Bertz CT molecular complexity index is 431. The van der Waals surface area contributed by atoms with Gasteiger partial charge in [0.1, 0.15) is 0 Å². The molecule has 1 aromatic rings. The predicted molar refractivity (Wildman–Crippen MR) is 74.6 cm³/mol. The summed E-state index contributed by atoms with van der Waals surface area (Å²) in [5, 5.41) is 0. The van der Waals surface area contributed by atoms with E-state index in [-0.39, 0.29) is 5.60 Å². The van der Waals surface area contributed by atoms with Gasteiger partial charge in [0, 0.05) is 19.7 Å². The fraction of sp³-hybridized carbons (Fsp3) is 0.571. The minimum Gasteiger partial charge on any atom is -0.397 e. The summed E-state index contributed by atoms with van der Waals surface area (Å²) in [6, 6.07) is 5.88. The number of ether oxygens (including phenoxy) is 1. The van der Waals surface area contributed by atoms with E-state index in [1.165, 1.54) is 12.8 Å². The number of nitrogens with two attached hydrogens (primary N) is 2. The fourth-order valence-electron chi connectivity index (χ4n) is 3.15. The van der Waals surface area contributed by atoms with Crippen LogP contribution in [-0.2, 0) is 4.74 Å². The average Bonchev–Trinajstić information content (AvgIpc) is 2.83. The molecular weight excluding hydrogens is 226 g/mol. The van der Waals surface area contributed by atoms with Gasteiger partial charge in [0.2, 0.25) is 0 Å². The summed E-state index contributed by atoms with van der Waals surface area (Å²) in [5.74, 6) is 0. The van der Waals surface area contributed by atoms with Crippen LogP contribution >= 0.6 is 0 Å². The van der Waals surface area contributed by atoms with Gasteiger partial charge in [0.25, 0.3) is 0 Å². The summed E-state index contributed by atoms with van der Waals surface area (Å²) in [5.41, 5.74) is 14.5. The van der Waals surface area contributed by atoms with Gasteiger partial charge in [-0.2, -0.15) is 0 Å². The SMILES string of the molecule is Nc1cccc(N2CCC3(CCCO3)CC2)c1N. The van der Waals surface area contributed by atoms with Crippen LogP contribution in [0.5, 0.6) is 0 Å². The smallest absolute Gasteiger partial charge is 0.0785 e. The van der Waals surface area contributed by atoms with Crippen LogP contribution in [0, 0.1) is 0 Å². The monoisotopic (exact) mass is 247 g/mol. The third-order valence-corrected chi connectivity index (χ3v) is 4.32. The Morgan fingerprint density at radius 1 is 1.11 bits per heavy atom. The maximum atomic E-state index is 6.06. The third-order valence-electron chi connectivity index (χ3n) is 4.32. The summed E-state index contributed by atoms with van der Waals surface area (Å²) < 4.78 is 5.94. The molecule has 0 radical (unpaired) electrons. The second-order valence-electron chi connectivity index (χ2n) is 5.40. The molecule has 4 N–H and O–H groups in total. The van der Waals surface area contributed by atoms with Crippen molar-refractivity contribution in [1.29, 1.82) is 0 Å². The molecule has 1 spiro atoms. The number of nitrogen functional groups attached to an aromatic ring is 2. The second-order valence-corrected chi connectivity index (χ2v) is 5.40. The lowest BCUT2D eigenvalue weighted by Gasteiger charge is -2.40. The van der Waals surface area contributed by atoms with E-state index in [4.69, 9.17) is 16.2 Å². The first-order valence-corrected chi connectivity index (χ1v) is 6.73. The van der Waals surface area contributed by atoms with Gasteiger partial charge >= 0.3 is 0 Å². The zero-order valence-corrected chi connectivity index (χ0v) is 10.7. The molecule has 0 saturated carbocycles. The first-order chi connectivity index (χ1) is 8.70. The number of hydrogen-bond donors (Lipinski definition) is 2. The van der Waals surface area contributed by atoms with Gasteiger partial charge in [0.05, 0.1) is 22.7 Å². The molecule has 4 nitrogen and oxygen atoms in total. The molecule has 0 atom stereocenters. The normalized spacial score (nSPS) is 22.6. The van der Waals surface area contributed by atoms with Crippen LogP contribution in [0.15, 0.2) is 18.2 Å². The topological polar surface area (TPSA) is 64.5 Å². The summed E-state index contributed by atoms with van der Waals surface area (Å²) in [6.45, 7) is 2.95. The Labute approximate surface area is 108 Å². The average molecular weight is 247 g/mol. The Hall–Kier alpha value is -1.42. The lowest BCUT2D eigenvalue weighted by molar-refractivity contribution is -0.0146. The highest BCUT2D eigenvalue weighted by molar-refractivity contribution is 5.79. The molecule has 1 aromatic carbocycles. The number of rotatable bonds is 1. The number of nitrogens with zero attached hydrogens (tertiary/aromatic N) is 1. The molecule has 0 aromatic heterocycles. The molecular formula is C14H21N3O. The van der Waals surface area contributed by atoms with Gasteiger partial charge < -0.3 is 21.1 Å². The van der Waals surface area contributed by atoms with Gasteiger partial charge in [-0.3, -0.25) is 0 Å². The zero-order chi connectivity index (χ0) is 12.6. The van der Waals surface area contributed by atoms with Crippen molar-refractivity contribution in [1.82, 2.24) is 0 Å². The first-order valence-electron chi connectivity index (χ1n) is 6.73. The molecule has 0 unspecified atom stereocenters. The molecule has 0 bridgehead atoms. The lowest BCUT2D eigenvalue weighted by Crippen LogP contribution is -2.44. The van der Waals surface area contributed by atoms with Crippen LogP contribution in [0.4, 0.5) is 17.1 Å². The third kappa shape index (κ3) is 1.90. The molecule has 4 heteroatoms. The second kappa shape index (κ2) is 4.35. The van der Waals surface area contributed by atoms with Crippen molar-refractivity contribution in [3.63, 3.8) is 0 Å². The Morgan fingerprint density at radius 2 is 1.89 bits per heavy atom. The van der Waals surface area contributed by atoms with E-state index in [9.17, 15) is 0 Å². The van der Waals surface area contributed by atoms with Crippen molar-refractivity contribution in [3.05, 3.63) is 18.2 Å². The van der Waals surface area contributed by atoms with E-state index >= 15 is 0 Å². The number of para-hydroxylation sites is 1. The highest BCUT2D eigenvalue weighted by atomic mass is 16.5. The highest BCUT2D eigenvalue weighted by Gasteiger charge is 2.38. The molecule has 2 heterocycles. The molecule has 98 valence electrons. The van der Waals surface area contributed by atoms with Crippen molar-refractivity contribution in [2.45, 2.75) is 31.3 Å². The number of anilines is 3. The standard InChI is InChI=1S/C14H21N3O/c15-11-3-1-4-12(13(11)16)17-8-6-14(7-9-17)5-2-10-18-14/h1,3-4H,2,5-10,15-16H2. The molecule has 2 aliphatic rings. The molecule has 18 heavy (non-hydrogen) atoms. The quantitative estimate of drug-likeness (QED) is 0.745. The van der Waals surface area contributed by atoms with E-state index < -0.39 is 0 Å². The Kier molecular flexibility index (Phi) is 2.82. The fourth-order valence-corrected chi connectivity index (χ4v) is 3.15. The molecule has 0 amide bonds. The van der Waals surface area contributed by atoms with Crippen molar-refractivity contribution >= 4 is 17.1 Å².